The van der Waals surface area contributed by atoms with Gasteiger partial charge in [0.15, 0.2) is 0 Å². The normalized spacial score (nSPS) is 20.5. The highest BCUT2D eigenvalue weighted by Crippen LogP contribution is 2.40. The first-order valence-corrected chi connectivity index (χ1v) is 8.42. The zero-order valence-electron chi connectivity index (χ0n) is 14.0. The molecule has 0 unspecified atom stereocenters. The van der Waals surface area contributed by atoms with Crippen molar-refractivity contribution in [1.82, 2.24) is 0 Å². The fraction of sp³-hybridized carbons (Fsp3) is 0.500. The van der Waals surface area contributed by atoms with Gasteiger partial charge in [-0.2, -0.15) is 0 Å². The number of benzene rings is 1. The zero-order chi connectivity index (χ0) is 17.9. The topological polar surface area (TPSA) is 129 Å². The van der Waals surface area contributed by atoms with Crippen LogP contribution in [0.4, 0.5) is 0 Å². The third-order valence-electron chi connectivity index (χ3n) is 4.95. The number of hydrogen-bond donors (Lipinski definition) is 3. The van der Waals surface area contributed by atoms with Crippen LogP contribution in [-0.4, -0.2) is 17.7 Å². The Hall–Kier alpha value is -2.37. The van der Waals surface area contributed by atoms with Gasteiger partial charge in [0.05, 0.1) is 0 Å². The van der Waals surface area contributed by atoms with E-state index in [9.17, 15) is 14.4 Å². The summed E-state index contributed by atoms with van der Waals surface area (Å²) < 4.78 is 0. The number of carbonyl (C=O) groups is 3. The van der Waals surface area contributed by atoms with Gasteiger partial charge in [-0.05, 0) is 55.2 Å². The Morgan fingerprint density at radius 3 is 1.79 bits per heavy atom. The molecule has 0 bridgehead atoms. The Morgan fingerprint density at radius 2 is 1.42 bits per heavy atom. The van der Waals surface area contributed by atoms with Crippen LogP contribution in [0, 0.1) is 5.92 Å². The Balaban J connectivity index is 2.46. The van der Waals surface area contributed by atoms with Crippen molar-refractivity contribution in [3.63, 3.8) is 0 Å². The minimum absolute atomic E-state index is 0.0463. The van der Waals surface area contributed by atoms with Gasteiger partial charge in [-0.15, -0.1) is 0 Å². The number of nitrogens with two attached hydrogens (primary N) is 3. The Labute approximate surface area is 141 Å². The lowest BCUT2D eigenvalue weighted by Gasteiger charge is -2.30. The molecule has 1 aromatic carbocycles. The monoisotopic (exact) mass is 331 g/mol. The molecule has 0 atom stereocenters. The van der Waals surface area contributed by atoms with E-state index >= 15 is 0 Å². The minimum Gasteiger partial charge on any atom is -0.366 e. The number of carbonyl (C=O) groups excluding carboxylic acids is 3. The molecule has 130 valence electrons. The second-order valence-corrected chi connectivity index (χ2v) is 6.58. The Morgan fingerprint density at radius 1 is 0.917 bits per heavy atom. The molecule has 0 saturated heterocycles. The van der Waals surface area contributed by atoms with Crippen molar-refractivity contribution in [2.24, 2.45) is 23.1 Å². The maximum Gasteiger partial charge on any atom is 0.249 e. The van der Waals surface area contributed by atoms with Crippen LogP contribution in [0.3, 0.4) is 0 Å². The van der Waals surface area contributed by atoms with Gasteiger partial charge in [0, 0.05) is 16.7 Å². The van der Waals surface area contributed by atoms with Crippen molar-refractivity contribution in [3.8, 4) is 0 Å². The van der Waals surface area contributed by atoms with Crippen LogP contribution >= 0.6 is 0 Å². The van der Waals surface area contributed by atoms with Crippen LogP contribution < -0.4 is 17.2 Å². The van der Waals surface area contributed by atoms with Gasteiger partial charge in [-0.25, -0.2) is 0 Å². The molecule has 1 aliphatic rings. The molecule has 6 nitrogen and oxygen atoms in total. The van der Waals surface area contributed by atoms with E-state index in [1.165, 1.54) is 18.6 Å². The van der Waals surface area contributed by atoms with Crippen molar-refractivity contribution < 1.29 is 14.4 Å². The Bertz CT molecular complexity index is 626. The van der Waals surface area contributed by atoms with Crippen molar-refractivity contribution in [1.29, 1.82) is 0 Å². The van der Waals surface area contributed by atoms with Crippen LogP contribution in [0.15, 0.2) is 12.1 Å². The Kier molecular flexibility index (Phi) is 5.59. The lowest BCUT2D eigenvalue weighted by Crippen LogP contribution is -2.26. The molecule has 0 aromatic heterocycles. The number of amides is 3. The number of primary amides is 3. The van der Waals surface area contributed by atoms with Crippen LogP contribution in [0.25, 0.3) is 0 Å². The maximum atomic E-state index is 11.9. The van der Waals surface area contributed by atoms with E-state index in [2.05, 4.69) is 6.92 Å². The molecule has 3 amide bonds. The van der Waals surface area contributed by atoms with Crippen molar-refractivity contribution in [2.45, 2.75) is 51.4 Å². The maximum absolute atomic E-state index is 11.9. The lowest BCUT2D eigenvalue weighted by atomic mass is 9.74. The predicted octanol–water partition coefficient (Wildman–Crippen LogP) is 2.06. The first kappa shape index (κ1) is 18.0. The van der Waals surface area contributed by atoms with E-state index < -0.39 is 17.7 Å². The molecular formula is C18H25N3O3. The average Bonchev–Trinajstić information content (AvgIpc) is 2.54. The largest absolute Gasteiger partial charge is 0.366 e. The fourth-order valence-corrected chi connectivity index (χ4v) is 3.79. The van der Waals surface area contributed by atoms with Crippen molar-refractivity contribution in [3.05, 3.63) is 34.4 Å². The van der Waals surface area contributed by atoms with Crippen LogP contribution in [0.2, 0.25) is 0 Å². The minimum atomic E-state index is -0.724. The zero-order valence-corrected chi connectivity index (χ0v) is 14.0. The number of hydrogen-bond acceptors (Lipinski definition) is 3. The highest BCUT2D eigenvalue weighted by molar-refractivity contribution is 6.05. The standard InChI is InChI=1S/C18H25N3O3/c1-2-3-10-4-6-11(7-5-10)15-13(17(20)23)8-12(16(19)22)9-14(15)18(21)24/h8-11H,2-7H2,1H3,(H2,19,22)(H2,20,23)(H2,21,24)/t10-,11+. The molecule has 2 rings (SSSR count). The third-order valence-corrected chi connectivity index (χ3v) is 4.95. The molecule has 1 aliphatic carbocycles. The fourth-order valence-electron chi connectivity index (χ4n) is 3.79. The molecule has 6 heteroatoms. The second kappa shape index (κ2) is 7.47. The van der Waals surface area contributed by atoms with E-state index in [0.29, 0.717) is 11.5 Å². The summed E-state index contributed by atoms with van der Waals surface area (Å²) >= 11 is 0. The summed E-state index contributed by atoms with van der Waals surface area (Å²) in [6, 6.07) is 2.76. The smallest absolute Gasteiger partial charge is 0.249 e. The molecule has 24 heavy (non-hydrogen) atoms. The highest BCUT2D eigenvalue weighted by atomic mass is 16.2. The van der Waals surface area contributed by atoms with Gasteiger partial charge in [-0.1, -0.05) is 19.8 Å². The first-order chi connectivity index (χ1) is 11.3. The van der Waals surface area contributed by atoms with E-state index in [1.54, 1.807) is 0 Å². The molecular weight excluding hydrogens is 306 g/mol. The molecule has 0 aliphatic heterocycles. The third kappa shape index (κ3) is 3.75. The average molecular weight is 331 g/mol. The molecule has 0 radical (unpaired) electrons. The van der Waals surface area contributed by atoms with Gasteiger partial charge in [0.1, 0.15) is 0 Å². The summed E-state index contributed by atoms with van der Waals surface area (Å²) in [5, 5.41) is 0. The molecule has 6 N–H and O–H groups in total. The summed E-state index contributed by atoms with van der Waals surface area (Å²) in [6.45, 7) is 2.17. The lowest BCUT2D eigenvalue weighted by molar-refractivity contribution is 0.0997. The van der Waals surface area contributed by atoms with E-state index in [-0.39, 0.29) is 22.6 Å². The molecule has 1 fully saturated rings. The SMILES string of the molecule is CCC[C@H]1CC[C@@H](c2c(C(N)=O)cc(C(N)=O)cc2C(N)=O)CC1. The van der Waals surface area contributed by atoms with Crippen molar-refractivity contribution >= 4 is 17.7 Å². The quantitative estimate of drug-likeness (QED) is 0.737. The van der Waals surface area contributed by atoms with Gasteiger partial charge in [0.25, 0.3) is 0 Å². The predicted molar refractivity (Wildman–Crippen MR) is 91.6 cm³/mol. The van der Waals surface area contributed by atoms with Crippen LogP contribution in [-0.2, 0) is 0 Å². The van der Waals surface area contributed by atoms with E-state index in [1.807, 2.05) is 0 Å². The highest BCUT2D eigenvalue weighted by Gasteiger charge is 2.29. The van der Waals surface area contributed by atoms with Gasteiger partial charge < -0.3 is 17.2 Å². The second-order valence-electron chi connectivity index (χ2n) is 6.58. The molecule has 1 saturated carbocycles. The number of rotatable bonds is 6. The summed E-state index contributed by atoms with van der Waals surface area (Å²) in [5.74, 6) is -1.34. The molecule has 0 spiro atoms. The van der Waals surface area contributed by atoms with Crippen molar-refractivity contribution in [2.75, 3.05) is 0 Å². The van der Waals surface area contributed by atoms with E-state index in [0.717, 1.165) is 32.1 Å². The van der Waals surface area contributed by atoms with Crippen LogP contribution in [0.5, 0.6) is 0 Å². The summed E-state index contributed by atoms with van der Waals surface area (Å²) in [5.41, 5.74) is 17.3. The summed E-state index contributed by atoms with van der Waals surface area (Å²) in [4.78, 5) is 35.3. The molecule has 1 aromatic rings. The van der Waals surface area contributed by atoms with Crippen LogP contribution in [0.1, 0.15) is 88.0 Å². The van der Waals surface area contributed by atoms with Gasteiger partial charge in [-0.3, -0.25) is 14.4 Å². The summed E-state index contributed by atoms with van der Waals surface area (Å²) in [6.07, 6.45) is 6.20. The summed E-state index contributed by atoms with van der Waals surface area (Å²) in [7, 11) is 0. The molecule has 0 heterocycles. The first-order valence-electron chi connectivity index (χ1n) is 8.42. The van der Waals surface area contributed by atoms with E-state index in [4.69, 9.17) is 17.2 Å². The van der Waals surface area contributed by atoms with Gasteiger partial charge >= 0.3 is 0 Å². The van der Waals surface area contributed by atoms with Gasteiger partial charge in [0.2, 0.25) is 17.7 Å².